The Morgan fingerprint density at radius 3 is 2.75 bits per heavy atom. The van der Waals surface area contributed by atoms with Crippen molar-refractivity contribution in [2.24, 2.45) is 5.92 Å². The smallest absolute Gasteiger partial charge is 0.0711 e. The van der Waals surface area contributed by atoms with Crippen molar-refractivity contribution in [3.63, 3.8) is 0 Å². The van der Waals surface area contributed by atoms with E-state index in [1.807, 2.05) is 0 Å². The lowest BCUT2D eigenvalue weighted by atomic mass is 10.1. The first-order valence-electron chi connectivity index (χ1n) is 4.61. The van der Waals surface area contributed by atoms with Crippen LogP contribution in [-0.2, 0) is 4.74 Å². The van der Waals surface area contributed by atoms with Gasteiger partial charge in [-0.3, -0.25) is 0 Å². The van der Waals surface area contributed by atoms with Crippen LogP contribution in [0.3, 0.4) is 0 Å². The zero-order valence-electron chi connectivity index (χ0n) is 8.01. The molecule has 0 aliphatic carbocycles. The molecule has 0 radical (unpaired) electrons. The highest BCUT2D eigenvalue weighted by atomic mass is 35.5. The van der Waals surface area contributed by atoms with Crippen molar-refractivity contribution < 1.29 is 4.74 Å². The van der Waals surface area contributed by atoms with E-state index >= 15 is 0 Å². The normalized spacial score (nSPS) is 22.8. The molecule has 3 heteroatoms. The van der Waals surface area contributed by atoms with Gasteiger partial charge in [0.15, 0.2) is 0 Å². The molecular formula is C9H20ClNO. The minimum Gasteiger partial charge on any atom is -0.377 e. The van der Waals surface area contributed by atoms with E-state index in [0.29, 0.717) is 6.10 Å². The van der Waals surface area contributed by atoms with E-state index in [1.54, 1.807) is 0 Å². The third-order valence-electron chi connectivity index (χ3n) is 2.06. The highest BCUT2D eigenvalue weighted by Crippen LogP contribution is 2.06. The number of ether oxygens (including phenoxy) is 1. The lowest BCUT2D eigenvalue weighted by Crippen LogP contribution is -2.17. The number of rotatable bonds is 4. The summed E-state index contributed by atoms with van der Waals surface area (Å²) in [5.41, 5.74) is 0. The van der Waals surface area contributed by atoms with Gasteiger partial charge in [0.2, 0.25) is 0 Å². The Morgan fingerprint density at radius 2 is 2.25 bits per heavy atom. The van der Waals surface area contributed by atoms with Gasteiger partial charge in [-0.25, -0.2) is 0 Å². The van der Waals surface area contributed by atoms with Crippen molar-refractivity contribution in [1.82, 2.24) is 5.32 Å². The van der Waals surface area contributed by atoms with Crippen molar-refractivity contribution in [3.8, 4) is 0 Å². The van der Waals surface area contributed by atoms with Crippen LogP contribution in [0.5, 0.6) is 0 Å². The number of hydrogen-bond donors (Lipinski definition) is 1. The summed E-state index contributed by atoms with van der Waals surface area (Å²) in [4.78, 5) is 0. The molecule has 0 bridgehead atoms. The average Bonchev–Trinajstić information content (AvgIpc) is 2.39. The van der Waals surface area contributed by atoms with E-state index in [9.17, 15) is 0 Å². The van der Waals surface area contributed by atoms with E-state index in [4.69, 9.17) is 4.74 Å². The quantitative estimate of drug-likeness (QED) is 0.736. The Kier molecular flexibility index (Phi) is 6.81. The molecule has 1 unspecified atom stereocenters. The molecule has 2 nitrogen and oxygen atoms in total. The Bertz CT molecular complexity index is 103. The van der Waals surface area contributed by atoms with Gasteiger partial charge >= 0.3 is 0 Å². The predicted molar refractivity (Wildman–Crippen MR) is 53.9 cm³/mol. The van der Waals surface area contributed by atoms with Crippen LogP contribution < -0.4 is 5.32 Å². The van der Waals surface area contributed by atoms with Crippen LogP contribution in [0.25, 0.3) is 0 Å². The molecule has 0 amide bonds. The van der Waals surface area contributed by atoms with Gasteiger partial charge in [0, 0.05) is 13.2 Å². The van der Waals surface area contributed by atoms with Crippen molar-refractivity contribution in [1.29, 1.82) is 0 Å². The molecule has 1 aliphatic heterocycles. The van der Waals surface area contributed by atoms with Gasteiger partial charge < -0.3 is 10.1 Å². The fraction of sp³-hybridized carbons (Fsp3) is 1.00. The molecule has 1 saturated heterocycles. The highest BCUT2D eigenvalue weighted by Gasteiger charge is 2.13. The molecule has 0 saturated carbocycles. The molecule has 0 aromatic rings. The molecule has 74 valence electrons. The summed E-state index contributed by atoms with van der Waals surface area (Å²) in [5.74, 6) is 0.768. The molecule has 1 heterocycles. The Hall–Kier alpha value is 0.210. The highest BCUT2D eigenvalue weighted by molar-refractivity contribution is 5.85. The minimum absolute atomic E-state index is 0. The Morgan fingerprint density at radius 1 is 1.50 bits per heavy atom. The van der Waals surface area contributed by atoms with E-state index in [-0.39, 0.29) is 12.4 Å². The lowest BCUT2D eigenvalue weighted by Gasteiger charge is -2.11. The summed E-state index contributed by atoms with van der Waals surface area (Å²) >= 11 is 0. The second kappa shape index (κ2) is 6.70. The van der Waals surface area contributed by atoms with Gasteiger partial charge in [0.25, 0.3) is 0 Å². The topological polar surface area (TPSA) is 21.3 Å². The van der Waals surface area contributed by atoms with Gasteiger partial charge in [0.05, 0.1) is 6.10 Å². The molecule has 0 aromatic heterocycles. The first kappa shape index (κ1) is 12.2. The first-order valence-corrected chi connectivity index (χ1v) is 4.61. The second-order valence-corrected chi connectivity index (χ2v) is 3.67. The minimum atomic E-state index is 0. The van der Waals surface area contributed by atoms with Crippen LogP contribution in [0.1, 0.15) is 26.7 Å². The lowest BCUT2D eigenvalue weighted by molar-refractivity contribution is 0.0598. The monoisotopic (exact) mass is 193 g/mol. The zero-order valence-corrected chi connectivity index (χ0v) is 8.82. The summed E-state index contributed by atoms with van der Waals surface area (Å²) in [7, 11) is 0. The van der Waals surface area contributed by atoms with E-state index in [0.717, 1.165) is 25.6 Å². The summed E-state index contributed by atoms with van der Waals surface area (Å²) in [6.07, 6.45) is 2.88. The van der Waals surface area contributed by atoms with Crippen LogP contribution in [-0.4, -0.2) is 25.8 Å². The molecule has 1 aliphatic rings. The maximum atomic E-state index is 5.65. The van der Waals surface area contributed by atoms with Gasteiger partial charge in [-0.1, -0.05) is 13.8 Å². The van der Waals surface area contributed by atoms with Crippen molar-refractivity contribution in [3.05, 3.63) is 0 Å². The molecule has 0 spiro atoms. The van der Waals surface area contributed by atoms with Crippen LogP contribution >= 0.6 is 12.4 Å². The largest absolute Gasteiger partial charge is 0.377 e. The molecule has 1 rings (SSSR count). The summed E-state index contributed by atoms with van der Waals surface area (Å²) in [6.45, 7) is 7.58. The standard InChI is InChI=1S/C9H19NO.ClH/c1-8(2)4-6-11-9-3-5-10-7-9;/h8-10H,3-7H2,1-2H3;1H. The van der Waals surface area contributed by atoms with Crippen molar-refractivity contribution >= 4 is 12.4 Å². The molecule has 1 N–H and O–H groups in total. The van der Waals surface area contributed by atoms with Gasteiger partial charge in [0.1, 0.15) is 0 Å². The van der Waals surface area contributed by atoms with Gasteiger partial charge in [-0.2, -0.15) is 0 Å². The van der Waals surface area contributed by atoms with Crippen LogP contribution in [0.15, 0.2) is 0 Å². The van der Waals surface area contributed by atoms with Gasteiger partial charge in [-0.15, -0.1) is 12.4 Å². The molecule has 1 fully saturated rings. The zero-order chi connectivity index (χ0) is 8.10. The van der Waals surface area contributed by atoms with Crippen LogP contribution in [0.2, 0.25) is 0 Å². The third kappa shape index (κ3) is 4.96. The fourth-order valence-corrected chi connectivity index (χ4v) is 1.24. The number of nitrogens with one attached hydrogen (secondary N) is 1. The Balaban J connectivity index is 0.00000121. The molecule has 0 aromatic carbocycles. The number of halogens is 1. The molecular weight excluding hydrogens is 174 g/mol. The fourth-order valence-electron chi connectivity index (χ4n) is 1.24. The SMILES string of the molecule is CC(C)CCOC1CCNC1.Cl. The number of hydrogen-bond acceptors (Lipinski definition) is 2. The first-order chi connectivity index (χ1) is 5.29. The van der Waals surface area contributed by atoms with E-state index < -0.39 is 0 Å². The summed E-state index contributed by atoms with van der Waals surface area (Å²) in [5, 5.41) is 3.29. The van der Waals surface area contributed by atoms with Gasteiger partial charge in [-0.05, 0) is 25.3 Å². The molecule has 12 heavy (non-hydrogen) atoms. The maximum Gasteiger partial charge on any atom is 0.0711 e. The van der Waals surface area contributed by atoms with E-state index in [1.165, 1.54) is 12.8 Å². The summed E-state index contributed by atoms with van der Waals surface area (Å²) < 4.78 is 5.65. The van der Waals surface area contributed by atoms with Crippen LogP contribution in [0, 0.1) is 5.92 Å². The van der Waals surface area contributed by atoms with Crippen molar-refractivity contribution in [2.75, 3.05) is 19.7 Å². The molecule has 1 atom stereocenters. The summed E-state index contributed by atoms with van der Waals surface area (Å²) in [6, 6.07) is 0. The van der Waals surface area contributed by atoms with Crippen LogP contribution in [0.4, 0.5) is 0 Å². The maximum absolute atomic E-state index is 5.65. The Labute approximate surface area is 81.5 Å². The third-order valence-corrected chi connectivity index (χ3v) is 2.06. The average molecular weight is 194 g/mol. The van der Waals surface area contributed by atoms with E-state index in [2.05, 4.69) is 19.2 Å². The second-order valence-electron chi connectivity index (χ2n) is 3.67. The van der Waals surface area contributed by atoms with Crippen molar-refractivity contribution in [2.45, 2.75) is 32.8 Å². The predicted octanol–water partition coefficient (Wildman–Crippen LogP) is 1.83.